The van der Waals surface area contributed by atoms with Crippen LogP contribution in [0.3, 0.4) is 0 Å². The number of rotatable bonds is 5. The van der Waals surface area contributed by atoms with Gasteiger partial charge in [0.25, 0.3) is 0 Å². The molecule has 9 heteroatoms. The van der Waals surface area contributed by atoms with E-state index in [-0.39, 0.29) is 20.1 Å². The molecule has 2 N–H and O–H groups in total. The Hall–Kier alpha value is -0.340. The van der Waals surface area contributed by atoms with E-state index >= 15 is 0 Å². The van der Waals surface area contributed by atoms with Gasteiger partial charge in [-0.1, -0.05) is 29.6 Å². The van der Waals surface area contributed by atoms with E-state index in [0.29, 0.717) is 12.8 Å². The highest BCUT2D eigenvalue weighted by atomic mass is 35.5. The predicted molar refractivity (Wildman–Crippen MR) is 73.4 cm³/mol. The monoisotopic (exact) mass is 343 g/mol. The van der Waals surface area contributed by atoms with Gasteiger partial charge in [-0.15, -0.1) is 11.3 Å². The molecular weight excluding hydrogens is 333 g/mol. The summed E-state index contributed by atoms with van der Waals surface area (Å²) in [6, 6.07) is 1.26. The zero-order chi connectivity index (χ0) is 14.3. The molecule has 1 saturated carbocycles. The molecule has 0 saturated heterocycles. The van der Waals surface area contributed by atoms with Crippen molar-refractivity contribution in [2.24, 2.45) is 5.41 Å². The van der Waals surface area contributed by atoms with Gasteiger partial charge in [0.05, 0.1) is 9.75 Å². The lowest BCUT2D eigenvalue weighted by Crippen LogP contribution is -2.47. The minimum Gasteiger partial charge on any atom is -0.481 e. The Morgan fingerprint density at radius 1 is 1.47 bits per heavy atom. The molecule has 1 fully saturated rings. The summed E-state index contributed by atoms with van der Waals surface area (Å²) in [6.45, 7) is -0.130. The zero-order valence-electron chi connectivity index (χ0n) is 9.65. The lowest BCUT2D eigenvalue weighted by atomic mass is 9.69. The SMILES string of the molecule is O=C(O)C1(CNS(=O)(=O)c2cc(Cl)sc2Cl)CCC1. The molecule has 0 radical (unpaired) electrons. The van der Waals surface area contributed by atoms with Gasteiger partial charge in [-0.25, -0.2) is 13.1 Å². The van der Waals surface area contributed by atoms with E-state index in [1.54, 1.807) is 0 Å². The van der Waals surface area contributed by atoms with Gasteiger partial charge in [0.15, 0.2) is 0 Å². The van der Waals surface area contributed by atoms with Crippen LogP contribution in [0.1, 0.15) is 19.3 Å². The number of carboxylic acid groups (broad SMARTS) is 1. The van der Waals surface area contributed by atoms with Gasteiger partial charge in [0.1, 0.15) is 9.23 Å². The molecule has 0 aromatic carbocycles. The third-order valence-corrected chi connectivity index (χ3v) is 6.43. The molecule has 1 heterocycles. The van der Waals surface area contributed by atoms with Crippen molar-refractivity contribution in [1.29, 1.82) is 0 Å². The van der Waals surface area contributed by atoms with E-state index in [2.05, 4.69) is 4.72 Å². The van der Waals surface area contributed by atoms with Crippen molar-refractivity contribution in [3.8, 4) is 0 Å². The number of thiophene rings is 1. The van der Waals surface area contributed by atoms with E-state index in [1.807, 2.05) is 0 Å². The molecule has 5 nitrogen and oxygen atoms in total. The van der Waals surface area contributed by atoms with Crippen LogP contribution in [-0.4, -0.2) is 26.0 Å². The molecule has 1 aromatic rings. The highest BCUT2D eigenvalue weighted by Crippen LogP contribution is 2.41. The topological polar surface area (TPSA) is 83.5 Å². The minimum atomic E-state index is -3.83. The van der Waals surface area contributed by atoms with Crippen molar-refractivity contribution in [1.82, 2.24) is 4.72 Å². The first-order valence-corrected chi connectivity index (χ1v) is 8.50. The number of halogens is 2. The Morgan fingerprint density at radius 3 is 2.47 bits per heavy atom. The molecular formula is C10H11Cl2NO4S2. The van der Waals surface area contributed by atoms with Gasteiger partial charge in [-0.05, 0) is 18.9 Å². The summed E-state index contributed by atoms with van der Waals surface area (Å²) in [5.41, 5.74) is -0.987. The van der Waals surface area contributed by atoms with E-state index in [9.17, 15) is 13.2 Å². The number of aliphatic carboxylic acids is 1. The van der Waals surface area contributed by atoms with Crippen molar-refractivity contribution >= 4 is 50.5 Å². The minimum absolute atomic E-state index is 0.0653. The van der Waals surface area contributed by atoms with Crippen LogP contribution < -0.4 is 4.72 Å². The smallest absolute Gasteiger partial charge is 0.310 e. The Bertz CT molecular complexity index is 607. The fourth-order valence-corrected chi connectivity index (χ4v) is 5.16. The van der Waals surface area contributed by atoms with Crippen LogP contribution in [0.15, 0.2) is 11.0 Å². The largest absolute Gasteiger partial charge is 0.481 e. The number of hydrogen-bond acceptors (Lipinski definition) is 4. The van der Waals surface area contributed by atoms with Crippen molar-refractivity contribution < 1.29 is 18.3 Å². The summed E-state index contributed by atoms with van der Waals surface area (Å²) >= 11 is 12.4. The second-order valence-corrected chi connectivity index (χ2v) is 8.47. The molecule has 19 heavy (non-hydrogen) atoms. The van der Waals surface area contributed by atoms with Crippen LogP contribution >= 0.6 is 34.5 Å². The zero-order valence-corrected chi connectivity index (χ0v) is 12.8. The van der Waals surface area contributed by atoms with Crippen molar-refractivity contribution in [2.45, 2.75) is 24.2 Å². The fraction of sp³-hybridized carbons (Fsp3) is 0.500. The fourth-order valence-electron chi connectivity index (χ4n) is 1.89. The molecule has 0 spiro atoms. The van der Waals surface area contributed by atoms with E-state index in [4.69, 9.17) is 28.3 Å². The molecule has 0 amide bonds. The lowest BCUT2D eigenvalue weighted by Gasteiger charge is -2.37. The van der Waals surface area contributed by atoms with Gasteiger partial charge >= 0.3 is 5.97 Å². The van der Waals surface area contributed by atoms with Crippen LogP contribution in [0.5, 0.6) is 0 Å². The van der Waals surface area contributed by atoms with Crippen LogP contribution in [0.25, 0.3) is 0 Å². The van der Waals surface area contributed by atoms with Crippen LogP contribution in [0.4, 0.5) is 0 Å². The van der Waals surface area contributed by atoms with Crippen LogP contribution in [-0.2, 0) is 14.8 Å². The summed E-state index contributed by atoms with van der Waals surface area (Å²) in [6.07, 6.45) is 1.74. The Balaban J connectivity index is 2.14. The van der Waals surface area contributed by atoms with Crippen molar-refractivity contribution in [3.63, 3.8) is 0 Å². The summed E-state index contributed by atoms with van der Waals surface area (Å²) in [7, 11) is -3.83. The first-order valence-electron chi connectivity index (χ1n) is 5.45. The maximum absolute atomic E-state index is 12.0. The molecule has 1 aromatic heterocycles. The molecule has 1 aliphatic rings. The molecule has 0 atom stereocenters. The second kappa shape index (κ2) is 5.21. The summed E-state index contributed by atoms with van der Waals surface area (Å²) in [5, 5.41) is 9.13. The Labute approximate surface area is 124 Å². The van der Waals surface area contributed by atoms with Gasteiger partial charge in [0.2, 0.25) is 10.0 Å². The molecule has 0 aliphatic heterocycles. The Kier molecular flexibility index (Phi) is 4.13. The summed E-state index contributed by atoms with van der Waals surface area (Å²) in [4.78, 5) is 11.0. The highest BCUT2D eigenvalue weighted by Gasteiger charge is 2.45. The molecule has 1 aliphatic carbocycles. The third kappa shape index (κ3) is 2.90. The maximum atomic E-state index is 12.0. The van der Waals surface area contributed by atoms with Gasteiger partial charge in [-0.2, -0.15) is 0 Å². The standard InChI is InChI=1S/C10H11Cl2NO4S2/c11-7-4-6(8(12)18-7)19(16,17)13-5-10(9(14)15)2-1-3-10/h4,13H,1-3,5H2,(H,14,15). The van der Waals surface area contributed by atoms with Gasteiger partial charge in [-0.3, -0.25) is 4.79 Å². The first kappa shape index (κ1) is 15.1. The number of nitrogens with one attached hydrogen (secondary N) is 1. The van der Waals surface area contributed by atoms with Crippen molar-refractivity contribution in [2.75, 3.05) is 6.54 Å². The summed E-state index contributed by atoms with van der Waals surface area (Å²) < 4.78 is 26.7. The Morgan fingerprint density at radius 2 is 2.11 bits per heavy atom. The molecule has 106 valence electrons. The first-order chi connectivity index (χ1) is 8.77. The molecule has 0 unspecified atom stereocenters. The lowest BCUT2D eigenvalue weighted by molar-refractivity contribution is -0.153. The maximum Gasteiger partial charge on any atom is 0.310 e. The van der Waals surface area contributed by atoms with Gasteiger partial charge < -0.3 is 5.11 Å². The quantitative estimate of drug-likeness (QED) is 0.860. The average Bonchev–Trinajstić information content (AvgIpc) is 2.56. The highest BCUT2D eigenvalue weighted by molar-refractivity contribution is 7.89. The van der Waals surface area contributed by atoms with Crippen LogP contribution in [0, 0.1) is 5.41 Å². The number of hydrogen-bond donors (Lipinski definition) is 2. The number of sulfonamides is 1. The van der Waals surface area contributed by atoms with E-state index in [1.165, 1.54) is 6.07 Å². The number of carbonyl (C=O) groups is 1. The van der Waals surface area contributed by atoms with Gasteiger partial charge in [0, 0.05) is 6.54 Å². The molecule has 2 rings (SSSR count). The van der Waals surface area contributed by atoms with E-state index < -0.39 is 21.4 Å². The average molecular weight is 344 g/mol. The summed E-state index contributed by atoms with van der Waals surface area (Å²) in [5.74, 6) is -0.976. The molecule has 0 bridgehead atoms. The van der Waals surface area contributed by atoms with E-state index in [0.717, 1.165) is 17.8 Å². The predicted octanol–water partition coefficient (Wildman–Crippen LogP) is 2.59. The number of carboxylic acids is 1. The third-order valence-electron chi connectivity index (χ3n) is 3.28. The second-order valence-electron chi connectivity index (χ2n) is 4.45. The van der Waals surface area contributed by atoms with Crippen LogP contribution in [0.2, 0.25) is 8.67 Å². The van der Waals surface area contributed by atoms with Crippen molar-refractivity contribution in [3.05, 3.63) is 14.7 Å². The normalized spacial score (nSPS) is 18.0.